The van der Waals surface area contributed by atoms with E-state index in [-0.39, 0.29) is 12.6 Å². The summed E-state index contributed by atoms with van der Waals surface area (Å²) in [7, 11) is 4.44. The highest BCUT2D eigenvalue weighted by Crippen LogP contribution is 2.02. The Kier molecular flexibility index (Phi) is 9.69. The molecule has 0 aromatic rings. The summed E-state index contributed by atoms with van der Waals surface area (Å²) in [6.45, 7) is 2.75. The van der Waals surface area contributed by atoms with Crippen molar-refractivity contribution in [1.29, 1.82) is 0 Å². The van der Waals surface area contributed by atoms with Gasteiger partial charge in [0.25, 0.3) is 0 Å². The van der Waals surface area contributed by atoms with Gasteiger partial charge in [0.05, 0.1) is 25.9 Å². The van der Waals surface area contributed by atoms with Gasteiger partial charge in [-0.25, -0.2) is 9.59 Å². The molecule has 20 heavy (non-hydrogen) atoms. The molecule has 0 fully saturated rings. The fourth-order valence-corrected chi connectivity index (χ4v) is 1.62. The first-order chi connectivity index (χ1) is 9.47. The number of carbonyl (C=O) groups excluding carboxylic acids is 1. The Morgan fingerprint density at radius 1 is 1.15 bits per heavy atom. The van der Waals surface area contributed by atoms with E-state index in [0.29, 0.717) is 19.8 Å². The lowest BCUT2D eigenvalue weighted by Gasteiger charge is -2.30. The lowest BCUT2D eigenvalue weighted by molar-refractivity contribution is -0.140. The Hall–Kier alpha value is -1.38. The van der Waals surface area contributed by atoms with Crippen LogP contribution in [0.25, 0.3) is 0 Å². The predicted octanol–water partition coefficient (Wildman–Crippen LogP) is -0.221. The highest BCUT2D eigenvalue weighted by Gasteiger charge is 2.25. The lowest BCUT2D eigenvalue weighted by atomic mass is 10.3. The average molecular weight is 292 g/mol. The molecule has 0 radical (unpaired) electrons. The molecule has 0 spiro atoms. The van der Waals surface area contributed by atoms with Crippen molar-refractivity contribution in [2.24, 2.45) is 0 Å². The van der Waals surface area contributed by atoms with Gasteiger partial charge in [0.15, 0.2) is 6.04 Å². The van der Waals surface area contributed by atoms with E-state index in [9.17, 15) is 9.59 Å². The highest BCUT2D eigenvalue weighted by molar-refractivity contribution is 5.82. The molecule has 2 N–H and O–H groups in total. The van der Waals surface area contributed by atoms with Crippen molar-refractivity contribution < 1.29 is 28.9 Å². The minimum Gasteiger partial charge on any atom is -0.480 e. The number of carboxylic acid groups (broad SMARTS) is 1. The third-order valence-corrected chi connectivity index (χ3v) is 2.67. The van der Waals surface area contributed by atoms with Crippen LogP contribution in [0.15, 0.2) is 0 Å². The van der Waals surface area contributed by atoms with E-state index < -0.39 is 18.0 Å². The van der Waals surface area contributed by atoms with Crippen LogP contribution in [-0.4, -0.2) is 81.8 Å². The zero-order valence-corrected chi connectivity index (χ0v) is 12.4. The summed E-state index contributed by atoms with van der Waals surface area (Å²) < 4.78 is 14.7. The van der Waals surface area contributed by atoms with Gasteiger partial charge in [-0.1, -0.05) is 0 Å². The van der Waals surface area contributed by atoms with E-state index >= 15 is 0 Å². The van der Waals surface area contributed by atoms with E-state index in [1.54, 1.807) is 0 Å². The SMILES string of the molecule is COCCN(C(=O)NC(COC)C(=O)O)C(C)COC. The number of methoxy groups -OCH3 is 3. The molecular weight excluding hydrogens is 268 g/mol. The van der Waals surface area contributed by atoms with Gasteiger partial charge >= 0.3 is 12.0 Å². The third-order valence-electron chi connectivity index (χ3n) is 2.67. The van der Waals surface area contributed by atoms with Crippen LogP contribution < -0.4 is 5.32 Å². The minimum absolute atomic E-state index is 0.0994. The molecule has 118 valence electrons. The molecule has 2 amide bonds. The second kappa shape index (κ2) is 10.4. The molecule has 0 rings (SSSR count). The van der Waals surface area contributed by atoms with Crippen molar-refractivity contribution in [3.63, 3.8) is 0 Å². The Bertz CT molecular complexity index is 300. The van der Waals surface area contributed by atoms with Crippen LogP contribution in [0.1, 0.15) is 6.92 Å². The monoisotopic (exact) mass is 292 g/mol. The van der Waals surface area contributed by atoms with E-state index in [2.05, 4.69) is 5.32 Å². The van der Waals surface area contributed by atoms with E-state index in [1.165, 1.54) is 26.2 Å². The number of hydrogen-bond donors (Lipinski definition) is 2. The number of rotatable bonds is 10. The highest BCUT2D eigenvalue weighted by atomic mass is 16.5. The maximum atomic E-state index is 12.1. The number of urea groups is 1. The van der Waals surface area contributed by atoms with Gasteiger partial charge in [-0.15, -0.1) is 0 Å². The largest absolute Gasteiger partial charge is 0.480 e. The molecule has 0 aliphatic heterocycles. The second-order valence-electron chi connectivity index (χ2n) is 4.29. The number of carboxylic acids is 1. The summed E-state index contributed by atoms with van der Waals surface area (Å²) in [5.41, 5.74) is 0. The normalized spacial score (nSPS) is 13.6. The second-order valence-corrected chi connectivity index (χ2v) is 4.29. The first-order valence-electron chi connectivity index (χ1n) is 6.24. The number of aliphatic carboxylic acids is 1. The maximum Gasteiger partial charge on any atom is 0.328 e. The molecule has 0 aromatic carbocycles. The Morgan fingerprint density at radius 2 is 1.75 bits per heavy atom. The first kappa shape index (κ1) is 18.6. The zero-order valence-electron chi connectivity index (χ0n) is 12.4. The van der Waals surface area contributed by atoms with E-state index in [0.717, 1.165) is 0 Å². The standard InChI is InChI=1S/C12H24N2O6/c1-9(7-19-3)14(5-6-18-2)12(17)13-10(8-20-4)11(15)16/h9-10H,5-8H2,1-4H3,(H,13,17)(H,15,16). The lowest BCUT2D eigenvalue weighted by Crippen LogP contribution is -2.53. The predicted molar refractivity (Wildman–Crippen MR) is 71.8 cm³/mol. The van der Waals surface area contributed by atoms with Crippen LogP contribution in [-0.2, 0) is 19.0 Å². The topological polar surface area (TPSA) is 97.3 Å². The molecule has 0 saturated heterocycles. The summed E-state index contributed by atoms with van der Waals surface area (Å²) in [6.07, 6.45) is 0. The van der Waals surface area contributed by atoms with Crippen LogP contribution in [0.4, 0.5) is 4.79 Å². The van der Waals surface area contributed by atoms with Gasteiger partial charge in [-0.3, -0.25) is 0 Å². The number of hydrogen-bond acceptors (Lipinski definition) is 5. The van der Waals surface area contributed by atoms with Gasteiger partial charge in [0, 0.05) is 27.9 Å². The van der Waals surface area contributed by atoms with Gasteiger partial charge in [0.2, 0.25) is 0 Å². The number of amides is 2. The molecule has 2 atom stereocenters. The van der Waals surface area contributed by atoms with Crippen molar-refractivity contribution >= 4 is 12.0 Å². The van der Waals surface area contributed by atoms with Gasteiger partial charge in [0.1, 0.15) is 0 Å². The first-order valence-corrected chi connectivity index (χ1v) is 6.24. The van der Waals surface area contributed by atoms with Crippen LogP contribution in [0.5, 0.6) is 0 Å². The van der Waals surface area contributed by atoms with E-state index in [4.69, 9.17) is 19.3 Å². The Labute approximate surface area is 119 Å². The summed E-state index contributed by atoms with van der Waals surface area (Å²) in [5, 5.41) is 11.4. The van der Waals surface area contributed by atoms with Crippen LogP contribution in [0.2, 0.25) is 0 Å². The molecule has 0 saturated carbocycles. The molecule has 0 aliphatic carbocycles. The van der Waals surface area contributed by atoms with Gasteiger partial charge < -0.3 is 29.5 Å². The maximum absolute atomic E-state index is 12.1. The fourth-order valence-electron chi connectivity index (χ4n) is 1.62. The van der Waals surface area contributed by atoms with Gasteiger partial charge in [-0.05, 0) is 6.92 Å². The Balaban J connectivity index is 4.69. The van der Waals surface area contributed by atoms with Gasteiger partial charge in [-0.2, -0.15) is 0 Å². The molecule has 8 heteroatoms. The number of ether oxygens (including phenoxy) is 3. The molecule has 0 heterocycles. The average Bonchev–Trinajstić information content (AvgIpc) is 2.38. The van der Waals surface area contributed by atoms with Crippen molar-refractivity contribution in [3.8, 4) is 0 Å². The quantitative estimate of drug-likeness (QED) is 0.578. The number of nitrogens with one attached hydrogen (secondary N) is 1. The van der Waals surface area contributed by atoms with Crippen molar-refractivity contribution in [1.82, 2.24) is 10.2 Å². The van der Waals surface area contributed by atoms with Crippen LogP contribution in [0, 0.1) is 0 Å². The molecular formula is C12H24N2O6. The summed E-state index contributed by atoms with van der Waals surface area (Å²) in [6, 6.07) is -1.78. The summed E-state index contributed by atoms with van der Waals surface area (Å²) >= 11 is 0. The fraction of sp³-hybridized carbons (Fsp3) is 0.833. The zero-order chi connectivity index (χ0) is 15.5. The molecule has 0 aliphatic rings. The molecule has 0 aromatic heterocycles. The Morgan fingerprint density at radius 3 is 2.20 bits per heavy atom. The molecule has 2 unspecified atom stereocenters. The van der Waals surface area contributed by atoms with Crippen LogP contribution >= 0.6 is 0 Å². The van der Waals surface area contributed by atoms with Crippen molar-refractivity contribution in [2.45, 2.75) is 19.0 Å². The van der Waals surface area contributed by atoms with Crippen molar-refractivity contribution in [3.05, 3.63) is 0 Å². The number of carbonyl (C=O) groups is 2. The van der Waals surface area contributed by atoms with E-state index in [1.807, 2.05) is 6.92 Å². The smallest absolute Gasteiger partial charge is 0.328 e. The van der Waals surface area contributed by atoms with Crippen LogP contribution in [0.3, 0.4) is 0 Å². The molecule has 8 nitrogen and oxygen atoms in total. The summed E-state index contributed by atoms with van der Waals surface area (Å²) in [5.74, 6) is -1.15. The molecule has 0 bridgehead atoms. The number of nitrogens with zero attached hydrogens (tertiary/aromatic N) is 1. The summed E-state index contributed by atoms with van der Waals surface area (Å²) in [4.78, 5) is 24.6. The van der Waals surface area contributed by atoms with Crippen molar-refractivity contribution in [2.75, 3.05) is 47.7 Å². The minimum atomic E-state index is -1.15. The third kappa shape index (κ3) is 6.69.